The van der Waals surface area contributed by atoms with E-state index < -0.39 is 11.8 Å². The van der Waals surface area contributed by atoms with Crippen LogP contribution in [0.2, 0.25) is 0 Å². The maximum Gasteiger partial charge on any atom is 0.273 e. The van der Waals surface area contributed by atoms with Gasteiger partial charge < -0.3 is 4.90 Å². The molecule has 2 aromatic rings. The second kappa shape index (κ2) is 7.39. The van der Waals surface area contributed by atoms with E-state index >= 15 is 0 Å². The summed E-state index contributed by atoms with van der Waals surface area (Å²) in [6, 6.07) is 8.20. The van der Waals surface area contributed by atoms with Crippen LogP contribution in [-0.4, -0.2) is 40.0 Å². The van der Waals surface area contributed by atoms with Crippen LogP contribution in [0.15, 0.2) is 29.2 Å². The molecule has 0 radical (unpaired) electrons. The van der Waals surface area contributed by atoms with Gasteiger partial charge in [-0.3, -0.25) is 15.0 Å². The van der Waals surface area contributed by atoms with Gasteiger partial charge in [-0.1, -0.05) is 12.1 Å². The summed E-state index contributed by atoms with van der Waals surface area (Å²) in [5, 5.41) is 8.91. The third-order valence-corrected chi connectivity index (χ3v) is 5.95. The molecule has 7 heteroatoms. The Balaban J connectivity index is 1.83. The maximum absolute atomic E-state index is 12.6. The second-order valence-electron chi connectivity index (χ2n) is 7.22. The van der Waals surface area contributed by atoms with E-state index in [0.29, 0.717) is 4.91 Å². The third-order valence-electron chi connectivity index (χ3n) is 5.06. The monoisotopic (exact) mass is 394 g/mol. The lowest BCUT2D eigenvalue weighted by Crippen LogP contribution is -2.33. The number of pyridine rings is 1. The quantitative estimate of drug-likeness (QED) is 0.781. The summed E-state index contributed by atoms with van der Waals surface area (Å²) in [6.45, 7) is 5.23. The number of aryl methyl sites for hydroxylation is 1. The average Bonchev–Trinajstić information content (AvgIpc) is 2.95. The van der Waals surface area contributed by atoms with Crippen molar-refractivity contribution in [3.63, 3.8) is 0 Å². The second-order valence-corrected chi connectivity index (χ2v) is 8.25. The van der Waals surface area contributed by atoms with Crippen molar-refractivity contribution in [2.75, 3.05) is 18.0 Å². The predicted molar refractivity (Wildman–Crippen MR) is 113 cm³/mol. The SMILES string of the molecule is CC(=O)N1C(=N)SC(=Cc2cc3ccc(C)cc3nc2N2CCCCC2)C1=O. The molecule has 3 heterocycles. The lowest BCUT2D eigenvalue weighted by Gasteiger charge is -2.29. The van der Waals surface area contributed by atoms with Crippen LogP contribution < -0.4 is 4.90 Å². The van der Waals surface area contributed by atoms with Gasteiger partial charge in [-0.2, -0.15) is 0 Å². The fourth-order valence-electron chi connectivity index (χ4n) is 3.66. The summed E-state index contributed by atoms with van der Waals surface area (Å²) >= 11 is 1.02. The van der Waals surface area contributed by atoms with E-state index in [2.05, 4.69) is 11.0 Å². The molecule has 2 saturated heterocycles. The Morgan fingerprint density at radius 1 is 1.21 bits per heavy atom. The van der Waals surface area contributed by atoms with E-state index in [-0.39, 0.29) is 5.17 Å². The van der Waals surface area contributed by atoms with Crippen molar-refractivity contribution in [1.82, 2.24) is 9.88 Å². The number of benzene rings is 1. The first-order chi connectivity index (χ1) is 13.4. The van der Waals surface area contributed by atoms with Crippen LogP contribution in [0.5, 0.6) is 0 Å². The maximum atomic E-state index is 12.6. The molecule has 2 amide bonds. The van der Waals surface area contributed by atoms with E-state index in [4.69, 9.17) is 10.4 Å². The highest BCUT2D eigenvalue weighted by Gasteiger charge is 2.35. The lowest BCUT2D eigenvalue weighted by atomic mass is 10.1. The molecule has 28 heavy (non-hydrogen) atoms. The minimum Gasteiger partial charge on any atom is -0.356 e. The molecule has 4 rings (SSSR count). The van der Waals surface area contributed by atoms with Crippen molar-refractivity contribution in [2.45, 2.75) is 33.1 Å². The molecule has 2 aliphatic rings. The van der Waals surface area contributed by atoms with Gasteiger partial charge in [-0.15, -0.1) is 0 Å². The molecule has 1 aromatic heterocycles. The Bertz CT molecular complexity index is 1020. The van der Waals surface area contributed by atoms with Crippen LogP contribution in [0, 0.1) is 12.3 Å². The van der Waals surface area contributed by atoms with Gasteiger partial charge in [-0.05, 0) is 61.7 Å². The van der Waals surface area contributed by atoms with Gasteiger partial charge in [0.1, 0.15) is 5.82 Å². The summed E-state index contributed by atoms with van der Waals surface area (Å²) in [5.74, 6) is -0.00290. The zero-order valence-corrected chi connectivity index (χ0v) is 16.8. The number of fused-ring (bicyclic) bond motifs is 1. The Hall–Kier alpha value is -2.67. The summed E-state index contributed by atoms with van der Waals surface area (Å²) in [5.41, 5.74) is 2.95. The zero-order valence-electron chi connectivity index (χ0n) is 16.0. The molecule has 0 saturated carbocycles. The highest BCUT2D eigenvalue weighted by molar-refractivity contribution is 8.18. The van der Waals surface area contributed by atoms with E-state index in [1.54, 1.807) is 6.08 Å². The first-order valence-electron chi connectivity index (χ1n) is 9.43. The van der Waals surface area contributed by atoms with E-state index in [9.17, 15) is 9.59 Å². The Morgan fingerprint density at radius 2 is 1.96 bits per heavy atom. The largest absolute Gasteiger partial charge is 0.356 e. The summed E-state index contributed by atoms with van der Waals surface area (Å²) in [4.78, 5) is 32.8. The number of rotatable bonds is 2. The summed E-state index contributed by atoms with van der Waals surface area (Å²) in [6.07, 6.45) is 5.25. The zero-order chi connectivity index (χ0) is 19.8. The number of anilines is 1. The van der Waals surface area contributed by atoms with Crippen LogP contribution in [0.1, 0.15) is 37.3 Å². The molecular formula is C21H22N4O2S. The van der Waals surface area contributed by atoms with Gasteiger partial charge in [0.05, 0.1) is 10.4 Å². The van der Waals surface area contributed by atoms with Gasteiger partial charge in [0.2, 0.25) is 5.91 Å². The molecule has 0 bridgehead atoms. The van der Waals surface area contributed by atoms with E-state index in [1.807, 2.05) is 25.1 Å². The molecule has 2 aliphatic heterocycles. The average molecular weight is 395 g/mol. The van der Waals surface area contributed by atoms with Crippen molar-refractivity contribution in [1.29, 1.82) is 5.41 Å². The minimum atomic E-state index is -0.436. The Kier molecular flexibility index (Phi) is 4.93. The van der Waals surface area contributed by atoms with Crippen molar-refractivity contribution in [2.24, 2.45) is 0 Å². The fraction of sp³-hybridized carbons (Fsp3) is 0.333. The van der Waals surface area contributed by atoms with Gasteiger partial charge in [0.25, 0.3) is 5.91 Å². The predicted octanol–water partition coefficient (Wildman–Crippen LogP) is 3.93. The number of nitrogens with zero attached hydrogens (tertiary/aromatic N) is 3. The summed E-state index contributed by atoms with van der Waals surface area (Å²) in [7, 11) is 0. The first-order valence-corrected chi connectivity index (χ1v) is 10.2. The number of hydrogen-bond acceptors (Lipinski definition) is 6. The van der Waals surface area contributed by atoms with Crippen molar-refractivity contribution in [3.05, 3.63) is 40.3 Å². The first kappa shape index (κ1) is 18.7. The van der Waals surface area contributed by atoms with Gasteiger partial charge in [-0.25, -0.2) is 9.88 Å². The number of amides is 2. The third kappa shape index (κ3) is 3.42. The number of aromatic nitrogens is 1. The number of amidine groups is 1. The number of piperidine rings is 1. The number of thioether (sulfide) groups is 1. The van der Waals surface area contributed by atoms with E-state index in [0.717, 1.165) is 70.4 Å². The van der Waals surface area contributed by atoms with Gasteiger partial charge in [0, 0.05) is 31.0 Å². The van der Waals surface area contributed by atoms with Gasteiger partial charge >= 0.3 is 0 Å². The summed E-state index contributed by atoms with van der Waals surface area (Å²) < 4.78 is 0. The van der Waals surface area contributed by atoms with Crippen LogP contribution in [-0.2, 0) is 9.59 Å². The number of imide groups is 1. The molecule has 6 nitrogen and oxygen atoms in total. The lowest BCUT2D eigenvalue weighted by molar-refractivity contribution is -0.135. The Morgan fingerprint density at radius 3 is 2.64 bits per heavy atom. The van der Waals surface area contributed by atoms with Gasteiger partial charge in [0.15, 0.2) is 5.17 Å². The standard InChI is InChI=1S/C21H22N4O2S/c1-13-6-7-15-11-16(12-18-20(27)25(14(2)26)21(22)28-18)19(23-17(15)10-13)24-8-4-3-5-9-24/h6-7,10-12,22H,3-5,8-9H2,1-2H3. The number of carbonyl (C=O) groups excluding carboxylic acids is 2. The molecule has 0 atom stereocenters. The van der Waals surface area contributed by atoms with Crippen LogP contribution in [0.3, 0.4) is 0 Å². The van der Waals surface area contributed by atoms with E-state index in [1.165, 1.54) is 13.3 Å². The number of hydrogen-bond donors (Lipinski definition) is 1. The van der Waals surface area contributed by atoms with Crippen LogP contribution in [0.4, 0.5) is 5.82 Å². The van der Waals surface area contributed by atoms with Crippen LogP contribution in [0.25, 0.3) is 17.0 Å². The Labute approximate surface area is 168 Å². The minimum absolute atomic E-state index is 0.0485. The molecule has 2 fully saturated rings. The van der Waals surface area contributed by atoms with Crippen molar-refractivity contribution >= 4 is 51.5 Å². The highest BCUT2D eigenvalue weighted by Crippen LogP contribution is 2.35. The smallest absolute Gasteiger partial charge is 0.273 e. The number of nitrogens with one attached hydrogen (secondary N) is 1. The van der Waals surface area contributed by atoms with Crippen molar-refractivity contribution in [3.8, 4) is 0 Å². The van der Waals surface area contributed by atoms with Crippen LogP contribution >= 0.6 is 11.8 Å². The van der Waals surface area contributed by atoms with Crippen molar-refractivity contribution < 1.29 is 9.59 Å². The molecule has 0 spiro atoms. The highest BCUT2D eigenvalue weighted by atomic mass is 32.2. The fourth-order valence-corrected chi connectivity index (χ4v) is 4.54. The normalized spacial score (nSPS) is 19.1. The molecule has 144 valence electrons. The topological polar surface area (TPSA) is 77.4 Å². The molecule has 0 unspecified atom stereocenters. The molecule has 1 N–H and O–H groups in total. The molecule has 0 aliphatic carbocycles. The number of carbonyl (C=O) groups is 2. The molecular weight excluding hydrogens is 372 g/mol. The molecule has 1 aromatic carbocycles.